The van der Waals surface area contributed by atoms with Crippen molar-refractivity contribution in [1.29, 1.82) is 0 Å². The Morgan fingerprint density at radius 2 is 2.00 bits per heavy atom. The number of rotatable bonds is 6. The molecule has 0 radical (unpaired) electrons. The monoisotopic (exact) mass is 323 g/mol. The summed E-state index contributed by atoms with van der Waals surface area (Å²) < 4.78 is 5.19. The van der Waals surface area contributed by atoms with E-state index < -0.39 is 6.10 Å². The average Bonchev–Trinajstić information content (AvgIpc) is 3.00. The lowest BCUT2D eigenvalue weighted by Gasteiger charge is -2.15. The Kier molecular flexibility index (Phi) is 6.25. The molecular formula is C17H22ClNO3. The molecule has 0 aliphatic heterocycles. The summed E-state index contributed by atoms with van der Waals surface area (Å²) in [5.74, 6) is -0.0455. The number of amides is 1. The number of hydrogen-bond donors (Lipinski definition) is 1. The Morgan fingerprint density at radius 3 is 2.68 bits per heavy atom. The van der Waals surface area contributed by atoms with Crippen LogP contribution < -0.4 is 5.32 Å². The third kappa shape index (κ3) is 5.02. The predicted octanol–water partition coefficient (Wildman–Crippen LogP) is 4.18. The molecule has 120 valence electrons. The molecule has 5 heteroatoms. The van der Waals surface area contributed by atoms with E-state index in [9.17, 15) is 9.59 Å². The summed E-state index contributed by atoms with van der Waals surface area (Å²) in [6.07, 6.45) is 5.34. The molecule has 0 spiro atoms. The van der Waals surface area contributed by atoms with Crippen molar-refractivity contribution in [3.63, 3.8) is 0 Å². The number of ether oxygens (including phenoxy) is 1. The second kappa shape index (κ2) is 8.18. The Labute approximate surface area is 136 Å². The summed E-state index contributed by atoms with van der Waals surface area (Å²) in [5.41, 5.74) is 0.517. The highest BCUT2D eigenvalue weighted by molar-refractivity contribution is 6.33. The summed E-state index contributed by atoms with van der Waals surface area (Å²) in [4.78, 5) is 23.8. The third-order valence-corrected chi connectivity index (χ3v) is 4.37. The number of para-hydroxylation sites is 1. The number of esters is 1. The zero-order valence-electron chi connectivity index (χ0n) is 12.8. The van der Waals surface area contributed by atoms with E-state index >= 15 is 0 Å². The lowest BCUT2D eigenvalue weighted by Crippen LogP contribution is -2.30. The van der Waals surface area contributed by atoms with Crippen LogP contribution in [0.15, 0.2) is 24.3 Å². The van der Waals surface area contributed by atoms with Crippen LogP contribution in [0.2, 0.25) is 5.02 Å². The lowest BCUT2D eigenvalue weighted by molar-refractivity contribution is -0.153. The Bertz CT molecular complexity index is 526. The molecule has 1 aromatic rings. The van der Waals surface area contributed by atoms with Crippen molar-refractivity contribution in [3.05, 3.63) is 29.3 Å². The maximum absolute atomic E-state index is 12.0. The van der Waals surface area contributed by atoms with Gasteiger partial charge in [0.15, 0.2) is 6.10 Å². The lowest BCUT2D eigenvalue weighted by atomic mass is 10.0. The fraction of sp³-hybridized carbons (Fsp3) is 0.529. The summed E-state index contributed by atoms with van der Waals surface area (Å²) in [7, 11) is 0. The minimum atomic E-state index is -0.827. The molecular weight excluding hydrogens is 302 g/mol. The largest absolute Gasteiger partial charge is 0.453 e. The van der Waals surface area contributed by atoms with E-state index in [1.807, 2.05) is 0 Å². The molecule has 1 saturated carbocycles. The van der Waals surface area contributed by atoms with E-state index in [-0.39, 0.29) is 11.9 Å². The minimum Gasteiger partial charge on any atom is -0.453 e. The molecule has 2 rings (SSSR count). The van der Waals surface area contributed by atoms with Gasteiger partial charge in [-0.2, -0.15) is 0 Å². The van der Waals surface area contributed by atoms with Gasteiger partial charge in [0.2, 0.25) is 0 Å². The zero-order valence-corrected chi connectivity index (χ0v) is 13.6. The van der Waals surface area contributed by atoms with Crippen molar-refractivity contribution in [2.45, 2.75) is 51.6 Å². The normalized spacial score (nSPS) is 16.3. The van der Waals surface area contributed by atoms with Gasteiger partial charge in [0.1, 0.15) is 0 Å². The van der Waals surface area contributed by atoms with Crippen molar-refractivity contribution in [1.82, 2.24) is 0 Å². The van der Waals surface area contributed by atoms with Crippen LogP contribution in [-0.2, 0) is 14.3 Å². The Hall–Kier alpha value is -1.55. The van der Waals surface area contributed by atoms with Crippen LogP contribution in [0.4, 0.5) is 5.69 Å². The zero-order chi connectivity index (χ0) is 15.9. The molecule has 1 amide bonds. The fourth-order valence-corrected chi connectivity index (χ4v) is 2.91. The standard InChI is InChI=1S/C17H22ClNO3/c1-12(17(21)19-15-9-5-4-8-14(15)18)22-16(20)11-10-13-6-2-3-7-13/h4-5,8-9,12-13H,2-3,6-7,10-11H2,1H3,(H,19,21). The van der Waals surface area contributed by atoms with Gasteiger partial charge in [0.25, 0.3) is 5.91 Å². The number of hydrogen-bond acceptors (Lipinski definition) is 3. The van der Waals surface area contributed by atoms with Crippen LogP contribution in [0.1, 0.15) is 45.4 Å². The van der Waals surface area contributed by atoms with Crippen LogP contribution in [0.5, 0.6) is 0 Å². The smallest absolute Gasteiger partial charge is 0.306 e. The molecule has 1 N–H and O–H groups in total. The molecule has 1 unspecified atom stereocenters. The molecule has 0 bridgehead atoms. The van der Waals surface area contributed by atoms with E-state index in [1.165, 1.54) is 25.7 Å². The quantitative estimate of drug-likeness (QED) is 0.799. The van der Waals surface area contributed by atoms with Crippen molar-refractivity contribution in [2.75, 3.05) is 5.32 Å². The van der Waals surface area contributed by atoms with Gasteiger partial charge >= 0.3 is 5.97 Å². The molecule has 1 fully saturated rings. The summed E-state index contributed by atoms with van der Waals surface area (Å²) in [6.45, 7) is 1.57. The highest BCUT2D eigenvalue weighted by atomic mass is 35.5. The van der Waals surface area contributed by atoms with Crippen LogP contribution in [-0.4, -0.2) is 18.0 Å². The van der Waals surface area contributed by atoms with E-state index in [1.54, 1.807) is 31.2 Å². The first-order valence-electron chi connectivity index (χ1n) is 7.81. The molecule has 1 aromatic carbocycles. The van der Waals surface area contributed by atoms with Crippen molar-refractivity contribution in [3.8, 4) is 0 Å². The highest BCUT2D eigenvalue weighted by Gasteiger charge is 2.21. The van der Waals surface area contributed by atoms with E-state index in [4.69, 9.17) is 16.3 Å². The second-order valence-electron chi connectivity index (χ2n) is 5.79. The van der Waals surface area contributed by atoms with Gasteiger partial charge in [-0.3, -0.25) is 9.59 Å². The first-order valence-corrected chi connectivity index (χ1v) is 8.19. The summed E-state index contributed by atoms with van der Waals surface area (Å²) in [6, 6.07) is 6.95. The summed E-state index contributed by atoms with van der Waals surface area (Å²) in [5, 5.41) is 3.12. The van der Waals surface area contributed by atoms with Gasteiger partial charge < -0.3 is 10.1 Å². The number of carbonyl (C=O) groups excluding carboxylic acids is 2. The predicted molar refractivity (Wildman–Crippen MR) is 86.8 cm³/mol. The van der Waals surface area contributed by atoms with E-state index in [2.05, 4.69) is 5.32 Å². The number of nitrogens with one attached hydrogen (secondary N) is 1. The summed E-state index contributed by atoms with van der Waals surface area (Å²) >= 11 is 5.98. The molecule has 4 nitrogen and oxygen atoms in total. The van der Waals surface area contributed by atoms with Crippen LogP contribution in [0.3, 0.4) is 0 Å². The van der Waals surface area contributed by atoms with Gasteiger partial charge in [-0.05, 0) is 31.4 Å². The molecule has 1 aliphatic rings. The minimum absolute atomic E-state index is 0.311. The number of carbonyl (C=O) groups is 2. The average molecular weight is 324 g/mol. The van der Waals surface area contributed by atoms with Crippen molar-refractivity contribution >= 4 is 29.2 Å². The molecule has 0 saturated heterocycles. The van der Waals surface area contributed by atoms with Gasteiger partial charge in [0, 0.05) is 6.42 Å². The fourth-order valence-electron chi connectivity index (χ4n) is 2.73. The molecule has 22 heavy (non-hydrogen) atoms. The SMILES string of the molecule is CC(OC(=O)CCC1CCCC1)C(=O)Nc1ccccc1Cl. The molecule has 1 aliphatic carbocycles. The topological polar surface area (TPSA) is 55.4 Å². The third-order valence-electron chi connectivity index (χ3n) is 4.04. The van der Waals surface area contributed by atoms with Crippen LogP contribution in [0, 0.1) is 5.92 Å². The van der Waals surface area contributed by atoms with Gasteiger partial charge in [-0.1, -0.05) is 49.4 Å². The first-order chi connectivity index (χ1) is 10.6. The van der Waals surface area contributed by atoms with Gasteiger partial charge in [0.05, 0.1) is 10.7 Å². The molecule has 0 heterocycles. The maximum atomic E-state index is 12.0. The Balaban J connectivity index is 1.75. The van der Waals surface area contributed by atoms with Crippen LogP contribution >= 0.6 is 11.6 Å². The van der Waals surface area contributed by atoms with Crippen molar-refractivity contribution in [2.24, 2.45) is 5.92 Å². The maximum Gasteiger partial charge on any atom is 0.306 e. The van der Waals surface area contributed by atoms with E-state index in [0.717, 1.165) is 6.42 Å². The van der Waals surface area contributed by atoms with Gasteiger partial charge in [-0.25, -0.2) is 0 Å². The Morgan fingerprint density at radius 1 is 1.32 bits per heavy atom. The van der Waals surface area contributed by atoms with Crippen molar-refractivity contribution < 1.29 is 14.3 Å². The first kappa shape index (κ1) is 16.8. The highest BCUT2D eigenvalue weighted by Crippen LogP contribution is 2.28. The van der Waals surface area contributed by atoms with Gasteiger partial charge in [-0.15, -0.1) is 0 Å². The molecule has 1 atom stereocenters. The number of halogens is 1. The number of benzene rings is 1. The molecule has 0 aromatic heterocycles. The second-order valence-corrected chi connectivity index (χ2v) is 6.20. The number of anilines is 1. The van der Waals surface area contributed by atoms with E-state index in [0.29, 0.717) is 23.0 Å². The van der Waals surface area contributed by atoms with Crippen LogP contribution in [0.25, 0.3) is 0 Å².